The molecule has 1 amide bonds. The first-order chi connectivity index (χ1) is 14.6. The Bertz CT molecular complexity index is 1130. The number of halogens is 1. The quantitative estimate of drug-likeness (QED) is 0.501. The van der Waals surface area contributed by atoms with Gasteiger partial charge in [0.1, 0.15) is 0 Å². The van der Waals surface area contributed by atoms with Crippen LogP contribution in [-0.4, -0.2) is 34.7 Å². The normalized spacial score (nSPS) is 18.7. The molecule has 1 aromatic heterocycles. The largest absolute Gasteiger partial charge is 0.342 e. The van der Waals surface area contributed by atoms with Gasteiger partial charge in [-0.25, -0.2) is 5.43 Å². The van der Waals surface area contributed by atoms with Gasteiger partial charge in [0.25, 0.3) is 5.91 Å². The second-order valence-corrected chi connectivity index (χ2v) is 8.70. The van der Waals surface area contributed by atoms with E-state index in [-0.39, 0.29) is 5.91 Å². The van der Waals surface area contributed by atoms with Crippen LogP contribution in [0.2, 0.25) is 5.02 Å². The van der Waals surface area contributed by atoms with E-state index in [2.05, 4.69) is 45.1 Å². The number of fused-ring (bicyclic) bond motifs is 3. The van der Waals surface area contributed by atoms with E-state index in [1.165, 1.54) is 27.7 Å². The highest BCUT2D eigenvalue weighted by molar-refractivity contribution is 6.30. The molecule has 6 heteroatoms. The van der Waals surface area contributed by atoms with Crippen molar-refractivity contribution >= 4 is 34.6 Å². The highest BCUT2D eigenvalue weighted by Gasteiger charge is 2.35. The van der Waals surface area contributed by atoms with Crippen molar-refractivity contribution in [3.63, 3.8) is 0 Å². The van der Waals surface area contributed by atoms with E-state index in [1.54, 1.807) is 18.3 Å². The first kappa shape index (κ1) is 19.3. The number of amides is 1. The Morgan fingerprint density at radius 3 is 2.90 bits per heavy atom. The smallest absolute Gasteiger partial charge is 0.254 e. The number of nitrogens with zero attached hydrogens (tertiary/aromatic N) is 3. The summed E-state index contributed by atoms with van der Waals surface area (Å²) in [6.45, 7) is 4.32. The zero-order valence-corrected chi connectivity index (χ0v) is 17.8. The Morgan fingerprint density at radius 1 is 1.23 bits per heavy atom. The maximum atomic E-state index is 12.6. The van der Waals surface area contributed by atoms with Crippen LogP contribution in [0.4, 0.5) is 0 Å². The summed E-state index contributed by atoms with van der Waals surface area (Å²) in [5.41, 5.74) is 9.13. The first-order valence-electron chi connectivity index (χ1n) is 10.5. The molecule has 2 aliphatic rings. The van der Waals surface area contributed by atoms with Crippen molar-refractivity contribution < 1.29 is 4.79 Å². The van der Waals surface area contributed by atoms with Gasteiger partial charge in [-0.2, -0.15) is 5.10 Å². The average Bonchev–Trinajstić information content (AvgIpc) is 3.06. The molecule has 154 valence electrons. The highest BCUT2D eigenvalue weighted by Crippen LogP contribution is 2.42. The molecule has 1 aliphatic heterocycles. The molecule has 1 N–H and O–H groups in total. The van der Waals surface area contributed by atoms with E-state index in [9.17, 15) is 4.79 Å². The Morgan fingerprint density at radius 2 is 2.07 bits per heavy atom. The summed E-state index contributed by atoms with van der Waals surface area (Å²) < 4.78 is 2.49. The molecule has 0 saturated heterocycles. The number of carbonyl (C=O) groups is 1. The fourth-order valence-electron chi connectivity index (χ4n) is 4.93. The molecule has 0 saturated carbocycles. The molecule has 1 unspecified atom stereocenters. The van der Waals surface area contributed by atoms with Gasteiger partial charge < -0.3 is 4.57 Å². The second kappa shape index (κ2) is 7.89. The number of nitrogens with one attached hydrogen (secondary N) is 1. The third kappa shape index (κ3) is 3.53. The van der Waals surface area contributed by atoms with Crippen molar-refractivity contribution in [3.05, 3.63) is 69.9 Å². The summed E-state index contributed by atoms with van der Waals surface area (Å²) in [5, 5.41) is 6.19. The van der Waals surface area contributed by atoms with Crippen LogP contribution in [-0.2, 0) is 17.8 Å². The Balaban J connectivity index is 1.32. The summed E-state index contributed by atoms with van der Waals surface area (Å²) in [6.07, 6.45) is 5.04. The lowest BCUT2D eigenvalue weighted by Crippen LogP contribution is -2.44. The Labute approximate surface area is 181 Å². The topological polar surface area (TPSA) is 49.6 Å². The number of aryl methyl sites for hydroxylation is 2. The fourth-order valence-corrected chi connectivity index (χ4v) is 5.05. The summed E-state index contributed by atoms with van der Waals surface area (Å²) in [4.78, 5) is 14.9. The van der Waals surface area contributed by atoms with E-state index >= 15 is 0 Å². The summed E-state index contributed by atoms with van der Waals surface area (Å²) in [6, 6.07) is 14.4. The van der Waals surface area contributed by atoms with Gasteiger partial charge in [0.15, 0.2) is 0 Å². The molecular weight excluding hydrogens is 396 g/mol. The second-order valence-electron chi connectivity index (χ2n) is 8.26. The molecule has 1 atom stereocenters. The number of rotatable bonds is 4. The van der Waals surface area contributed by atoms with Gasteiger partial charge in [-0.15, -0.1) is 0 Å². The lowest BCUT2D eigenvalue weighted by Gasteiger charge is -2.39. The van der Waals surface area contributed by atoms with Crippen molar-refractivity contribution in [3.8, 4) is 0 Å². The number of hydrogen-bond acceptors (Lipinski definition) is 3. The van der Waals surface area contributed by atoms with Crippen LogP contribution >= 0.6 is 11.6 Å². The summed E-state index contributed by atoms with van der Waals surface area (Å²) >= 11 is 5.90. The molecule has 0 fully saturated rings. The zero-order chi connectivity index (χ0) is 20.7. The minimum absolute atomic E-state index is 0.0762. The van der Waals surface area contributed by atoms with Crippen LogP contribution in [0.15, 0.2) is 47.6 Å². The van der Waals surface area contributed by atoms with Gasteiger partial charge in [-0.05, 0) is 61.6 Å². The van der Waals surface area contributed by atoms with E-state index in [0.717, 1.165) is 37.9 Å². The molecule has 2 heterocycles. The van der Waals surface area contributed by atoms with Crippen LogP contribution < -0.4 is 5.43 Å². The van der Waals surface area contributed by atoms with Crippen molar-refractivity contribution in [1.82, 2.24) is 14.9 Å². The van der Waals surface area contributed by atoms with Gasteiger partial charge in [-0.1, -0.05) is 35.4 Å². The lowest BCUT2D eigenvalue weighted by atomic mass is 9.89. The molecular formula is C24H25ClN4O. The van der Waals surface area contributed by atoms with Crippen LogP contribution in [0.25, 0.3) is 10.9 Å². The van der Waals surface area contributed by atoms with Crippen LogP contribution in [0.3, 0.4) is 0 Å². The van der Waals surface area contributed by atoms with Crippen LogP contribution in [0, 0.1) is 6.92 Å². The van der Waals surface area contributed by atoms with Crippen molar-refractivity contribution in [2.45, 2.75) is 38.8 Å². The van der Waals surface area contributed by atoms with Crippen molar-refractivity contribution in [2.75, 3.05) is 13.1 Å². The highest BCUT2D eigenvalue weighted by atomic mass is 35.5. The van der Waals surface area contributed by atoms with Crippen molar-refractivity contribution in [1.29, 1.82) is 0 Å². The molecule has 0 radical (unpaired) electrons. The maximum Gasteiger partial charge on any atom is 0.254 e. The number of carbonyl (C=O) groups excluding carboxylic acids is 1. The van der Waals surface area contributed by atoms with E-state index in [4.69, 9.17) is 11.6 Å². The SMILES string of the molecule is Cc1ccc2c(c1)c1c3n2CCN(CC(=O)NN=Cc2ccc(Cl)cc2)C3CCC1. The number of aromatic nitrogens is 1. The van der Waals surface area contributed by atoms with Gasteiger partial charge >= 0.3 is 0 Å². The lowest BCUT2D eigenvalue weighted by molar-refractivity contribution is -0.123. The first-order valence-corrected chi connectivity index (χ1v) is 10.9. The molecule has 0 bridgehead atoms. The van der Waals surface area contributed by atoms with Crippen LogP contribution in [0.5, 0.6) is 0 Å². The van der Waals surface area contributed by atoms with Gasteiger partial charge in [-0.3, -0.25) is 9.69 Å². The fraction of sp³-hybridized carbons (Fsp3) is 0.333. The summed E-state index contributed by atoms with van der Waals surface area (Å²) in [5.74, 6) is -0.0762. The number of hydrogen-bond donors (Lipinski definition) is 1. The minimum atomic E-state index is -0.0762. The summed E-state index contributed by atoms with van der Waals surface area (Å²) in [7, 11) is 0. The molecule has 30 heavy (non-hydrogen) atoms. The zero-order valence-electron chi connectivity index (χ0n) is 17.1. The van der Waals surface area contributed by atoms with E-state index in [1.807, 2.05) is 12.1 Å². The van der Waals surface area contributed by atoms with E-state index < -0.39 is 0 Å². The third-order valence-electron chi connectivity index (χ3n) is 6.26. The predicted octanol–water partition coefficient (Wildman–Crippen LogP) is 4.45. The molecule has 2 aromatic carbocycles. The average molecular weight is 421 g/mol. The minimum Gasteiger partial charge on any atom is -0.342 e. The molecule has 0 spiro atoms. The van der Waals surface area contributed by atoms with Gasteiger partial charge in [0, 0.05) is 34.7 Å². The Hall–Kier alpha value is -2.63. The number of hydrazone groups is 1. The van der Waals surface area contributed by atoms with E-state index in [0.29, 0.717) is 17.6 Å². The monoisotopic (exact) mass is 420 g/mol. The molecule has 5 nitrogen and oxygen atoms in total. The molecule has 1 aliphatic carbocycles. The molecule has 3 aromatic rings. The van der Waals surface area contributed by atoms with Gasteiger partial charge in [0.05, 0.1) is 18.8 Å². The standard InChI is InChI=1S/C24H25ClN4O/c1-16-5-10-21-20(13-16)19-3-2-4-22-24(19)29(21)12-11-28(22)15-23(30)27-26-14-17-6-8-18(25)9-7-17/h5-10,13-14,22H,2-4,11-12,15H2,1H3,(H,27,30). The van der Waals surface area contributed by atoms with Crippen LogP contribution in [0.1, 0.15) is 41.3 Å². The number of benzene rings is 2. The predicted molar refractivity (Wildman–Crippen MR) is 121 cm³/mol. The van der Waals surface area contributed by atoms with Gasteiger partial charge in [0.2, 0.25) is 0 Å². The third-order valence-corrected chi connectivity index (χ3v) is 6.51. The Kier molecular flexibility index (Phi) is 5.09. The molecule has 5 rings (SSSR count). The maximum absolute atomic E-state index is 12.6. The van der Waals surface area contributed by atoms with Crippen molar-refractivity contribution in [2.24, 2.45) is 5.10 Å².